The maximum atomic E-state index is 13.6. The number of piperazine rings is 1. The van der Waals surface area contributed by atoms with Crippen LogP contribution in [0.1, 0.15) is 37.8 Å². The van der Waals surface area contributed by atoms with Gasteiger partial charge in [-0.25, -0.2) is 9.38 Å². The number of guanidine groups is 1. The van der Waals surface area contributed by atoms with Gasteiger partial charge in [-0.15, -0.1) is 24.0 Å². The second-order valence-corrected chi connectivity index (χ2v) is 7.99. The zero-order valence-electron chi connectivity index (χ0n) is 18.5. The second-order valence-electron chi connectivity index (χ2n) is 7.99. The Labute approximate surface area is 201 Å². The first-order chi connectivity index (χ1) is 14.5. The predicted octanol–water partition coefficient (Wildman–Crippen LogP) is 2.03. The number of hydrogen-bond donors (Lipinski definition) is 2. The van der Waals surface area contributed by atoms with Crippen LogP contribution in [0.3, 0.4) is 0 Å². The number of aliphatic imine (C=N–C) groups is 1. The van der Waals surface area contributed by atoms with Crippen LogP contribution >= 0.6 is 24.0 Å². The third-order valence-corrected chi connectivity index (χ3v) is 5.96. The average molecular weight is 547 g/mol. The van der Waals surface area contributed by atoms with E-state index in [4.69, 9.17) is 4.99 Å². The van der Waals surface area contributed by atoms with Crippen molar-refractivity contribution in [2.75, 3.05) is 45.8 Å². The maximum Gasteiger partial charge on any atom is 0.239 e. The normalized spacial score (nSPS) is 18.6. The van der Waals surface area contributed by atoms with Gasteiger partial charge < -0.3 is 20.2 Å². The van der Waals surface area contributed by atoms with Crippen LogP contribution in [0.15, 0.2) is 23.2 Å². The minimum absolute atomic E-state index is 0. The molecule has 1 aromatic rings. The largest absolute Gasteiger partial charge is 0.392 e. The molecule has 0 bridgehead atoms. The molecule has 1 amide bonds. The second kappa shape index (κ2) is 12.5. The molecule has 2 N–H and O–H groups in total. The number of likely N-dealkylation sites (tertiary alicyclic amines) is 1. The molecular weight excluding hydrogens is 512 g/mol. The quantitative estimate of drug-likeness (QED) is 0.324. The molecule has 1 unspecified atom stereocenters. The number of aliphatic hydroxyl groups excluding tert-OH is 1. The summed E-state index contributed by atoms with van der Waals surface area (Å²) in [7, 11) is 0. The van der Waals surface area contributed by atoms with E-state index in [1.807, 2.05) is 18.7 Å². The van der Waals surface area contributed by atoms with Crippen LogP contribution in [0.4, 0.5) is 4.39 Å². The number of carbonyl (C=O) groups is 1. The highest BCUT2D eigenvalue weighted by Crippen LogP contribution is 2.15. The molecule has 3 rings (SSSR count). The van der Waals surface area contributed by atoms with Crippen molar-refractivity contribution in [1.82, 2.24) is 20.0 Å². The summed E-state index contributed by atoms with van der Waals surface area (Å²) in [4.78, 5) is 23.9. The average Bonchev–Trinajstić information content (AvgIpc) is 3.31. The first-order valence-corrected chi connectivity index (χ1v) is 11.0. The van der Waals surface area contributed by atoms with Crippen molar-refractivity contribution >= 4 is 35.8 Å². The number of carbonyl (C=O) groups excluding carboxylic acids is 1. The lowest BCUT2D eigenvalue weighted by Crippen LogP contribution is -2.57. The molecule has 2 saturated heterocycles. The van der Waals surface area contributed by atoms with E-state index in [9.17, 15) is 14.3 Å². The lowest BCUT2D eigenvalue weighted by Gasteiger charge is -2.39. The fourth-order valence-electron chi connectivity index (χ4n) is 4.12. The molecule has 0 spiro atoms. The Morgan fingerprint density at radius 3 is 2.45 bits per heavy atom. The lowest BCUT2D eigenvalue weighted by atomic mass is 10.1. The molecule has 1 atom stereocenters. The Hall–Kier alpha value is -1.46. The Morgan fingerprint density at radius 1 is 1.16 bits per heavy atom. The van der Waals surface area contributed by atoms with E-state index in [-0.39, 0.29) is 48.1 Å². The first-order valence-electron chi connectivity index (χ1n) is 11.0. The molecule has 7 nitrogen and oxygen atoms in total. The predicted molar refractivity (Wildman–Crippen MR) is 131 cm³/mol. The molecular formula is C22H35FIN5O2. The van der Waals surface area contributed by atoms with E-state index in [2.05, 4.69) is 15.1 Å². The lowest BCUT2D eigenvalue weighted by molar-refractivity contribution is -0.135. The van der Waals surface area contributed by atoms with Crippen molar-refractivity contribution in [3.63, 3.8) is 0 Å². The molecule has 0 aromatic heterocycles. The Bertz CT molecular complexity index is 749. The van der Waals surface area contributed by atoms with Gasteiger partial charge in [-0.1, -0.05) is 6.07 Å². The highest BCUT2D eigenvalue weighted by molar-refractivity contribution is 14.0. The summed E-state index contributed by atoms with van der Waals surface area (Å²) in [6.07, 6.45) is 2.23. The molecule has 174 valence electrons. The van der Waals surface area contributed by atoms with Gasteiger partial charge in [-0.05, 0) is 44.4 Å². The maximum absolute atomic E-state index is 13.6. The fraction of sp³-hybridized carbons (Fsp3) is 0.636. The smallest absolute Gasteiger partial charge is 0.239 e. The van der Waals surface area contributed by atoms with Crippen molar-refractivity contribution in [2.45, 2.75) is 45.9 Å². The van der Waals surface area contributed by atoms with Crippen LogP contribution in [0.2, 0.25) is 0 Å². The van der Waals surface area contributed by atoms with Crippen LogP contribution in [-0.2, 0) is 17.9 Å². The number of benzene rings is 1. The van der Waals surface area contributed by atoms with E-state index >= 15 is 0 Å². The van der Waals surface area contributed by atoms with Gasteiger partial charge in [-0.3, -0.25) is 9.69 Å². The third-order valence-electron chi connectivity index (χ3n) is 5.96. The van der Waals surface area contributed by atoms with Crippen LogP contribution in [0, 0.1) is 5.82 Å². The van der Waals surface area contributed by atoms with Gasteiger partial charge in [0.05, 0.1) is 19.2 Å². The molecule has 1 aromatic carbocycles. The third kappa shape index (κ3) is 6.76. The van der Waals surface area contributed by atoms with Gasteiger partial charge >= 0.3 is 0 Å². The molecule has 0 radical (unpaired) electrons. The highest BCUT2D eigenvalue weighted by atomic mass is 127. The van der Waals surface area contributed by atoms with Gasteiger partial charge in [0.1, 0.15) is 5.82 Å². The molecule has 0 aliphatic carbocycles. The van der Waals surface area contributed by atoms with Crippen molar-refractivity contribution in [3.8, 4) is 0 Å². The Kier molecular flexibility index (Phi) is 10.4. The summed E-state index contributed by atoms with van der Waals surface area (Å²) in [6.45, 7) is 9.92. The zero-order chi connectivity index (χ0) is 21.5. The summed E-state index contributed by atoms with van der Waals surface area (Å²) < 4.78 is 13.6. The molecule has 2 aliphatic heterocycles. The van der Waals surface area contributed by atoms with Crippen molar-refractivity contribution < 1.29 is 14.3 Å². The number of nitrogens with one attached hydrogen (secondary N) is 1. The molecule has 2 fully saturated rings. The number of aliphatic hydroxyl groups is 1. The summed E-state index contributed by atoms with van der Waals surface area (Å²) in [6, 6.07) is 4.65. The number of rotatable bonds is 6. The first kappa shape index (κ1) is 25.8. The van der Waals surface area contributed by atoms with Crippen LogP contribution in [-0.4, -0.2) is 83.5 Å². The molecule has 0 saturated carbocycles. The number of halogens is 2. The molecule has 9 heteroatoms. The minimum atomic E-state index is -0.397. The summed E-state index contributed by atoms with van der Waals surface area (Å²) >= 11 is 0. The van der Waals surface area contributed by atoms with Gasteiger partial charge in [0.15, 0.2) is 5.96 Å². The van der Waals surface area contributed by atoms with Crippen molar-refractivity contribution in [2.24, 2.45) is 4.99 Å². The topological polar surface area (TPSA) is 71.4 Å². The minimum Gasteiger partial charge on any atom is -0.392 e. The highest BCUT2D eigenvalue weighted by Gasteiger charge is 2.30. The SMILES string of the molecule is CCNC(=NCc1ccc(F)c(CO)c1)N1CCN(C(C)C(=O)N2CCCC2)CC1.I. The molecule has 31 heavy (non-hydrogen) atoms. The molecule has 2 heterocycles. The fourth-order valence-corrected chi connectivity index (χ4v) is 4.12. The molecule has 2 aliphatic rings. The number of nitrogens with zero attached hydrogens (tertiary/aromatic N) is 4. The van der Waals surface area contributed by atoms with E-state index in [1.54, 1.807) is 12.1 Å². The Balaban J connectivity index is 0.00000341. The van der Waals surface area contributed by atoms with E-state index < -0.39 is 5.82 Å². The van der Waals surface area contributed by atoms with Gasteiger partial charge in [-0.2, -0.15) is 0 Å². The van der Waals surface area contributed by atoms with Gasteiger partial charge in [0.25, 0.3) is 0 Å². The van der Waals surface area contributed by atoms with Crippen molar-refractivity contribution in [3.05, 3.63) is 35.1 Å². The summed E-state index contributed by atoms with van der Waals surface area (Å²) in [5.74, 6) is 0.675. The van der Waals surface area contributed by atoms with Gasteiger partial charge in [0, 0.05) is 51.4 Å². The Morgan fingerprint density at radius 2 is 1.84 bits per heavy atom. The van der Waals surface area contributed by atoms with Crippen LogP contribution < -0.4 is 5.32 Å². The number of amides is 1. The van der Waals surface area contributed by atoms with E-state index in [0.717, 1.165) is 70.2 Å². The summed E-state index contributed by atoms with van der Waals surface area (Å²) in [5, 5.41) is 12.6. The van der Waals surface area contributed by atoms with Crippen LogP contribution in [0.25, 0.3) is 0 Å². The zero-order valence-corrected chi connectivity index (χ0v) is 20.8. The van der Waals surface area contributed by atoms with E-state index in [1.165, 1.54) is 6.07 Å². The number of hydrogen-bond acceptors (Lipinski definition) is 4. The van der Waals surface area contributed by atoms with E-state index in [0.29, 0.717) is 6.54 Å². The van der Waals surface area contributed by atoms with Gasteiger partial charge in [0.2, 0.25) is 5.91 Å². The standard InChI is InChI=1S/C22H34FN5O2.HI/c1-3-24-22(25-15-18-6-7-20(23)19(14-18)16-29)28-12-10-26(11-13-28)17(2)21(30)27-8-4-5-9-27;/h6-7,14,17,29H,3-5,8-13,15-16H2,1-2H3,(H,24,25);1H. The van der Waals surface area contributed by atoms with Crippen molar-refractivity contribution in [1.29, 1.82) is 0 Å². The summed E-state index contributed by atoms with van der Waals surface area (Å²) in [5.41, 5.74) is 1.15. The van der Waals surface area contributed by atoms with Crippen LogP contribution in [0.5, 0.6) is 0 Å². The monoisotopic (exact) mass is 547 g/mol.